The van der Waals surface area contributed by atoms with Gasteiger partial charge in [0.2, 0.25) is 0 Å². The Hall–Kier alpha value is -0.430. The molecule has 108 valence electrons. The van der Waals surface area contributed by atoms with Gasteiger partial charge < -0.3 is 5.11 Å². The third-order valence-electron chi connectivity index (χ3n) is 3.24. The third-order valence-corrected chi connectivity index (χ3v) is 6.73. The van der Waals surface area contributed by atoms with Gasteiger partial charge in [-0.05, 0) is 37.3 Å². The first kappa shape index (κ1) is 15.0. The molecule has 0 saturated heterocycles. The highest BCUT2D eigenvalue weighted by Crippen LogP contribution is 2.34. The molecule has 0 bridgehead atoms. The van der Waals surface area contributed by atoms with Crippen LogP contribution < -0.4 is 0 Å². The predicted molar refractivity (Wildman–Crippen MR) is 76.6 cm³/mol. The van der Waals surface area contributed by atoms with Crippen molar-refractivity contribution >= 4 is 21.4 Å². The minimum atomic E-state index is -3.38. The van der Waals surface area contributed by atoms with Crippen LogP contribution in [0.25, 0.3) is 0 Å². The van der Waals surface area contributed by atoms with Crippen LogP contribution in [0.1, 0.15) is 38.0 Å². The van der Waals surface area contributed by atoms with Crippen LogP contribution in [0, 0.1) is 5.92 Å². The average Bonchev–Trinajstić information content (AvgIpc) is 3.05. The quantitative estimate of drug-likeness (QED) is 0.841. The molecule has 1 heterocycles. The highest BCUT2D eigenvalue weighted by molar-refractivity contribution is 7.91. The van der Waals surface area contributed by atoms with E-state index in [2.05, 4.69) is 13.8 Å². The summed E-state index contributed by atoms with van der Waals surface area (Å²) < 4.78 is 27.2. The Balaban J connectivity index is 2.18. The molecule has 0 spiro atoms. The van der Waals surface area contributed by atoms with Crippen molar-refractivity contribution in [1.29, 1.82) is 0 Å². The van der Waals surface area contributed by atoms with Gasteiger partial charge in [-0.1, -0.05) is 13.8 Å². The van der Waals surface area contributed by atoms with E-state index >= 15 is 0 Å². The molecule has 0 aromatic carbocycles. The van der Waals surface area contributed by atoms with Crippen LogP contribution in [0.3, 0.4) is 0 Å². The van der Waals surface area contributed by atoms with Gasteiger partial charge in [0, 0.05) is 17.5 Å². The second kappa shape index (κ2) is 5.91. The summed E-state index contributed by atoms with van der Waals surface area (Å²) in [6.45, 7) is 4.70. The minimum absolute atomic E-state index is 0.102. The molecule has 1 aliphatic rings. The number of hydrogen-bond donors (Lipinski definition) is 1. The fourth-order valence-electron chi connectivity index (χ4n) is 1.94. The number of sulfonamides is 1. The molecule has 1 aliphatic carbocycles. The van der Waals surface area contributed by atoms with Gasteiger partial charge in [-0.15, -0.1) is 11.3 Å². The van der Waals surface area contributed by atoms with E-state index < -0.39 is 10.0 Å². The first-order chi connectivity index (χ1) is 8.95. The van der Waals surface area contributed by atoms with Crippen molar-refractivity contribution in [3.05, 3.63) is 17.0 Å². The van der Waals surface area contributed by atoms with E-state index in [1.54, 1.807) is 16.4 Å². The molecular formula is C13H21NO3S2. The molecule has 0 radical (unpaired) electrons. The molecule has 1 saturated carbocycles. The summed E-state index contributed by atoms with van der Waals surface area (Å²) in [6.07, 6.45) is 2.82. The summed E-state index contributed by atoms with van der Waals surface area (Å²) in [5.74, 6) is 0.493. The monoisotopic (exact) mass is 303 g/mol. The van der Waals surface area contributed by atoms with Gasteiger partial charge in [0.25, 0.3) is 10.0 Å². The molecule has 1 fully saturated rings. The van der Waals surface area contributed by atoms with Crippen molar-refractivity contribution in [2.75, 3.05) is 6.54 Å². The molecular weight excluding hydrogens is 282 g/mol. The predicted octanol–water partition coefficient (Wildman–Crippen LogP) is 2.44. The van der Waals surface area contributed by atoms with E-state index in [0.29, 0.717) is 21.5 Å². The number of thiophene rings is 1. The lowest BCUT2D eigenvalue weighted by Crippen LogP contribution is -2.34. The maximum absolute atomic E-state index is 12.6. The molecule has 2 rings (SSSR count). The highest BCUT2D eigenvalue weighted by atomic mass is 32.2. The molecule has 4 nitrogen and oxygen atoms in total. The Morgan fingerprint density at radius 2 is 2.11 bits per heavy atom. The maximum Gasteiger partial charge on any atom is 0.252 e. The zero-order valence-electron chi connectivity index (χ0n) is 11.4. The largest absolute Gasteiger partial charge is 0.391 e. The van der Waals surface area contributed by atoms with E-state index in [9.17, 15) is 8.42 Å². The first-order valence-corrected chi connectivity index (χ1v) is 8.92. The summed E-state index contributed by atoms with van der Waals surface area (Å²) >= 11 is 1.17. The van der Waals surface area contributed by atoms with Gasteiger partial charge in [0.1, 0.15) is 4.21 Å². The van der Waals surface area contributed by atoms with Crippen LogP contribution in [-0.4, -0.2) is 30.4 Å². The molecule has 6 heteroatoms. The number of nitrogens with zero attached hydrogens (tertiary/aromatic N) is 1. The Labute approximate surface area is 119 Å². The van der Waals surface area contributed by atoms with Gasteiger partial charge in [0.15, 0.2) is 0 Å². The van der Waals surface area contributed by atoms with Crippen molar-refractivity contribution in [2.45, 2.75) is 50.0 Å². The lowest BCUT2D eigenvalue weighted by atomic mass is 10.1. The molecule has 1 aromatic rings. The van der Waals surface area contributed by atoms with Gasteiger partial charge in [-0.3, -0.25) is 0 Å². The van der Waals surface area contributed by atoms with Crippen LogP contribution in [0.15, 0.2) is 16.3 Å². The molecule has 0 aliphatic heterocycles. The van der Waals surface area contributed by atoms with Gasteiger partial charge in [-0.25, -0.2) is 8.42 Å². The third kappa shape index (κ3) is 3.56. The van der Waals surface area contributed by atoms with E-state index in [4.69, 9.17) is 5.11 Å². The SMILES string of the molecule is CC(C)CCN(C1CC1)S(=O)(=O)c1ccc(CO)s1. The maximum atomic E-state index is 12.6. The van der Waals surface area contributed by atoms with Crippen LogP contribution in [0.5, 0.6) is 0 Å². The van der Waals surface area contributed by atoms with Crippen molar-refractivity contribution in [3.8, 4) is 0 Å². The number of aliphatic hydroxyl groups excluding tert-OH is 1. The second-order valence-electron chi connectivity index (χ2n) is 5.41. The van der Waals surface area contributed by atoms with E-state index in [-0.39, 0.29) is 12.6 Å². The molecule has 0 amide bonds. The fourth-order valence-corrected chi connectivity index (χ4v) is 4.99. The molecule has 0 atom stereocenters. The Kier molecular flexibility index (Phi) is 4.66. The minimum Gasteiger partial charge on any atom is -0.391 e. The molecule has 1 N–H and O–H groups in total. The molecule has 0 unspecified atom stereocenters. The second-order valence-corrected chi connectivity index (χ2v) is 8.69. The van der Waals surface area contributed by atoms with Crippen molar-refractivity contribution in [2.24, 2.45) is 5.92 Å². The topological polar surface area (TPSA) is 57.6 Å². The molecule has 19 heavy (non-hydrogen) atoms. The first-order valence-electron chi connectivity index (χ1n) is 6.66. The lowest BCUT2D eigenvalue weighted by molar-refractivity contribution is 0.285. The molecule has 1 aromatic heterocycles. The summed E-state index contributed by atoms with van der Waals surface area (Å²) in [6, 6.07) is 3.48. The van der Waals surface area contributed by atoms with Crippen molar-refractivity contribution in [1.82, 2.24) is 4.31 Å². The van der Waals surface area contributed by atoms with Gasteiger partial charge >= 0.3 is 0 Å². The number of rotatable bonds is 7. The normalized spacial score (nSPS) is 16.5. The smallest absolute Gasteiger partial charge is 0.252 e. The van der Waals surface area contributed by atoms with Crippen LogP contribution >= 0.6 is 11.3 Å². The van der Waals surface area contributed by atoms with Gasteiger partial charge in [-0.2, -0.15) is 4.31 Å². The Morgan fingerprint density at radius 3 is 2.58 bits per heavy atom. The Morgan fingerprint density at radius 1 is 1.42 bits per heavy atom. The standard InChI is InChI=1S/C13H21NO3S2/c1-10(2)7-8-14(11-3-4-11)19(16,17)13-6-5-12(9-15)18-13/h5-6,10-11,15H,3-4,7-9H2,1-2H3. The number of aliphatic hydroxyl groups is 1. The summed E-state index contributed by atoms with van der Waals surface area (Å²) in [5.41, 5.74) is 0. The highest BCUT2D eigenvalue weighted by Gasteiger charge is 2.38. The van der Waals surface area contributed by atoms with Gasteiger partial charge in [0.05, 0.1) is 6.61 Å². The summed E-state index contributed by atoms with van der Waals surface area (Å²) in [7, 11) is -3.38. The zero-order valence-corrected chi connectivity index (χ0v) is 13.0. The van der Waals surface area contributed by atoms with Crippen LogP contribution in [-0.2, 0) is 16.6 Å². The van der Waals surface area contributed by atoms with Crippen LogP contribution in [0.4, 0.5) is 0 Å². The summed E-state index contributed by atoms with van der Waals surface area (Å²) in [4.78, 5) is 0.693. The van der Waals surface area contributed by atoms with E-state index in [1.807, 2.05) is 0 Å². The Bertz CT molecular complexity index is 518. The van der Waals surface area contributed by atoms with Crippen molar-refractivity contribution < 1.29 is 13.5 Å². The average molecular weight is 303 g/mol. The zero-order chi connectivity index (χ0) is 14.0. The van der Waals surface area contributed by atoms with E-state index in [1.165, 1.54) is 11.3 Å². The van der Waals surface area contributed by atoms with E-state index in [0.717, 1.165) is 19.3 Å². The lowest BCUT2D eigenvalue weighted by Gasteiger charge is -2.21. The fraction of sp³-hybridized carbons (Fsp3) is 0.692. The summed E-state index contributed by atoms with van der Waals surface area (Å²) in [5, 5.41) is 9.05. The van der Waals surface area contributed by atoms with Crippen LogP contribution in [0.2, 0.25) is 0 Å². The number of hydrogen-bond acceptors (Lipinski definition) is 4. The van der Waals surface area contributed by atoms with Crippen molar-refractivity contribution in [3.63, 3.8) is 0 Å².